The fraction of sp³-hybridized carbons (Fsp3) is 0.100. The minimum atomic E-state index is -0.896. The topological polar surface area (TPSA) is 115 Å². The van der Waals surface area contributed by atoms with Crippen LogP contribution in [0.3, 0.4) is 0 Å². The molecular weight excluding hydrogens is 468 g/mol. The van der Waals surface area contributed by atoms with Gasteiger partial charge in [-0.25, -0.2) is 9.37 Å². The molecule has 1 amide bonds. The van der Waals surface area contributed by atoms with Gasteiger partial charge < -0.3 is 15.0 Å². The summed E-state index contributed by atoms with van der Waals surface area (Å²) < 4.78 is 20.7. The van der Waals surface area contributed by atoms with Crippen LogP contribution in [0.1, 0.15) is 33.0 Å². The number of aromatic amines is 1. The molecule has 0 aliphatic heterocycles. The first-order valence-corrected chi connectivity index (χ1v) is 9.66. The van der Waals surface area contributed by atoms with Crippen LogP contribution in [0.5, 0.6) is 11.5 Å². The number of halogens is 4. The predicted octanol–water partition coefficient (Wildman–Crippen LogP) is 5.28. The van der Waals surface area contributed by atoms with Gasteiger partial charge in [-0.1, -0.05) is 34.8 Å². The number of hydrogen-bond acceptors (Lipinski definition) is 5. The predicted molar refractivity (Wildman–Crippen MR) is 112 cm³/mol. The number of ether oxygens (including phenoxy) is 1. The highest BCUT2D eigenvalue weighted by molar-refractivity contribution is 6.33. The Labute approximate surface area is 190 Å². The third-order valence-electron chi connectivity index (χ3n) is 4.01. The number of aromatic nitrogens is 2. The molecule has 1 heterocycles. The van der Waals surface area contributed by atoms with E-state index in [1.54, 1.807) is 6.92 Å². The van der Waals surface area contributed by atoms with Crippen LogP contribution in [-0.4, -0.2) is 15.9 Å². The summed E-state index contributed by atoms with van der Waals surface area (Å²) in [5.74, 6) is -1.49. The number of H-pyrrole nitrogens is 1. The maximum atomic E-state index is 15.1. The number of hydrogen-bond donors (Lipinski definition) is 2. The Morgan fingerprint density at radius 3 is 2.58 bits per heavy atom. The van der Waals surface area contributed by atoms with Gasteiger partial charge in [0.25, 0.3) is 5.91 Å². The Hall–Kier alpha value is -3.30. The molecule has 0 aliphatic rings. The van der Waals surface area contributed by atoms with Crippen LogP contribution in [0, 0.1) is 35.4 Å². The van der Waals surface area contributed by atoms with E-state index in [9.17, 15) is 10.1 Å². The van der Waals surface area contributed by atoms with Crippen molar-refractivity contribution in [3.8, 4) is 23.6 Å². The molecule has 0 saturated heterocycles. The molecule has 0 saturated carbocycles. The number of nitriles is 2. The van der Waals surface area contributed by atoms with Crippen molar-refractivity contribution in [2.24, 2.45) is 0 Å². The molecule has 0 spiro atoms. The van der Waals surface area contributed by atoms with Gasteiger partial charge in [0.15, 0.2) is 17.3 Å². The van der Waals surface area contributed by atoms with E-state index in [1.165, 1.54) is 24.3 Å². The zero-order chi connectivity index (χ0) is 22.7. The summed E-state index contributed by atoms with van der Waals surface area (Å²) in [6.07, 6.45) is 0. The molecule has 156 valence electrons. The zero-order valence-corrected chi connectivity index (χ0v) is 18.0. The lowest BCUT2D eigenvalue weighted by molar-refractivity contribution is 0.0946. The molecular formula is C20H11Cl3FN5O2. The van der Waals surface area contributed by atoms with Gasteiger partial charge >= 0.3 is 0 Å². The number of nitrogens with zero attached hydrogens (tertiary/aromatic N) is 3. The average molecular weight is 479 g/mol. The van der Waals surface area contributed by atoms with Crippen molar-refractivity contribution in [1.82, 2.24) is 15.3 Å². The number of benzene rings is 2. The summed E-state index contributed by atoms with van der Waals surface area (Å²) in [7, 11) is 0. The molecule has 7 nitrogen and oxygen atoms in total. The number of carbonyl (C=O) groups excluding carboxylic acids is 1. The summed E-state index contributed by atoms with van der Waals surface area (Å²) in [4.78, 5) is 18.9. The molecule has 0 radical (unpaired) electrons. The zero-order valence-electron chi connectivity index (χ0n) is 15.7. The second-order valence-corrected chi connectivity index (χ2v) is 7.40. The molecule has 2 N–H and O–H groups in total. The van der Waals surface area contributed by atoms with Crippen LogP contribution < -0.4 is 10.1 Å². The van der Waals surface area contributed by atoms with E-state index in [-0.39, 0.29) is 49.9 Å². The van der Waals surface area contributed by atoms with Crippen LogP contribution in [0.4, 0.5) is 4.39 Å². The van der Waals surface area contributed by atoms with Crippen molar-refractivity contribution >= 4 is 40.7 Å². The van der Waals surface area contributed by atoms with E-state index < -0.39 is 17.5 Å². The van der Waals surface area contributed by atoms with E-state index in [2.05, 4.69) is 15.3 Å². The molecule has 3 rings (SSSR count). The molecule has 3 aromatic rings. The first-order valence-electron chi connectivity index (χ1n) is 8.53. The minimum Gasteiger partial charge on any atom is -0.453 e. The Morgan fingerprint density at radius 2 is 1.97 bits per heavy atom. The number of rotatable bonds is 5. The maximum absolute atomic E-state index is 15.1. The van der Waals surface area contributed by atoms with Gasteiger partial charge in [-0.05, 0) is 31.2 Å². The van der Waals surface area contributed by atoms with Crippen molar-refractivity contribution in [1.29, 1.82) is 10.5 Å². The molecule has 2 aromatic carbocycles. The van der Waals surface area contributed by atoms with Crippen molar-refractivity contribution in [3.05, 3.63) is 73.5 Å². The molecule has 0 fully saturated rings. The van der Waals surface area contributed by atoms with Crippen LogP contribution >= 0.6 is 34.8 Å². The molecule has 11 heteroatoms. The Bertz CT molecular complexity index is 1280. The average Bonchev–Trinajstić information content (AvgIpc) is 3.08. The Kier molecular flexibility index (Phi) is 6.67. The van der Waals surface area contributed by atoms with Crippen molar-refractivity contribution < 1.29 is 13.9 Å². The van der Waals surface area contributed by atoms with Crippen molar-refractivity contribution in [2.45, 2.75) is 13.5 Å². The molecule has 1 aromatic heterocycles. The van der Waals surface area contributed by atoms with Gasteiger partial charge in [0, 0.05) is 17.1 Å². The SMILES string of the molecule is Cc1nc(C(=O)NCc2cc(C#N)c(Cl)c(Oc3cc(Cl)cc(C#N)c3)c2F)c(Cl)[nH]1. The van der Waals surface area contributed by atoms with Gasteiger partial charge in [-0.3, -0.25) is 4.79 Å². The van der Waals surface area contributed by atoms with Gasteiger partial charge in [-0.15, -0.1) is 0 Å². The number of imidazole rings is 1. The summed E-state index contributed by atoms with van der Waals surface area (Å²) in [6, 6.07) is 9.05. The van der Waals surface area contributed by atoms with Gasteiger partial charge in [0.05, 0.1) is 17.2 Å². The summed E-state index contributed by atoms with van der Waals surface area (Å²) >= 11 is 18.0. The highest BCUT2D eigenvalue weighted by Gasteiger charge is 2.21. The fourth-order valence-corrected chi connectivity index (χ4v) is 3.35. The lowest BCUT2D eigenvalue weighted by Crippen LogP contribution is -2.24. The van der Waals surface area contributed by atoms with Crippen LogP contribution in [-0.2, 0) is 6.54 Å². The molecule has 0 unspecified atom stereocenters. The Morgan fingerprint density at radius 1 is 1.23 bits per heavy atom. The van der Waals surface area contributed by atoms with E-state index in [0.29, 0.717) is 5.82 Å². The second kappa shape index (κ2) is 9.23. The summed E-state index contributed by atoms with van der Waals surface area (Å²) in [6.45, 7) is 1.33. The Balaban J connectivity index is 1.93. The minimum absolute atomic E-state index is 0.0440. The number of amides is 1. The van der Waals surface area contributed by atoms with E-state index in [0.717, 1.165) is 0 Å². The molecule has 0 aliphatic carbocycles. The highest BCUT2D eigenvalue weighted by atomic mass is 35.5. The highest BCUT2D eigenvalue weighted by Crippen LogP contribution is 2.37. The molecule has 0 bridgehead atoms. The third-order valence-corrected chi connectivity index (χ3v) is 4.88. The third kappa shape index (κ3) is 4.89. The molecule has 31 heavy (non-hydrogen) atoms. The first-order chi connectivity index (χ1) is 14.7. The van der Waals surface area contributed by atoms with Gasteiger partial charge in [-0.2, -0.15) is 10.5 Å². The quantitative estimate of drug-likeness (QED) is 0.517. The number of aryl methyl sites for hydroxylation is 1. The monoisotopic (exact) mass is 477 g/mol. The second-order valence-electron chi connectivity index (χ2n) is 6.21. The lowest BCUT2D eigenvalue weighted by Gasteiger charge is -2.14. The van der Waals surface area contributed by atoms with E-state index >= 15 is 4.39 Å². The lowest BCUT2D eigenvalue weighted by atomic mass is 10.1. The van der Waals surface area contributed by atoms with Gasteiger partial charge in [0.2, 0.25) is 0 Å². The normalized spacial score (nSPS) is 10.3. The van der Waals surface area contributed by atoms with Crippen molar-refractivity contribution in [3.63, 3.8) is 0 Å². The van der Waals surface area contributed by atoms with E-state index in [1.807, 2.05) is 12.1 Å². The number of nitrogens with one attached hydrogen (secondary N) is 2. The smallest absolute Gasteiger partial charge is 0.273 e. The standard InChI is InChI=1S/C20H11Cl3FN5O2/c1-9-28-17(19(23)29-9)20(30)27-8-12-4-11(7-26)15(22)18(16(12)24)31-14-3-10(6-25)2-13(21)5-14/h2-5H,8H2,1H3,(H,27,30)(H,28,29). The largest absolute Gasteiger partial charge is 0.453 e. The molecule has 0 atom stereocenters. The van der Waals surface area contributed by atoms with Crippen LogP contribution in [0.25, 0.3) is 0 Å². The van der Waals surface area contributed by atoms with Crippen LogP contribution in [0.15, 0.2) is 24.3 Å². The van der Waals surface area contributed by atoms with Gasteiger partial charge in [0.1, 0.15) is 27.8 Å². The van der Waals surface area contributed by atoms with E-state index in [4.69, 9.17) is 44.8 Å². The summed E-state index contributed by atoms with van der Waals surface area (Å²) in [5, 5.41) is 20.9. The fourth-order valence-electron chi connectivity index (χ4n) is 2.64. The maximum Gasteiger partial charge on any atom is 0.273 e. The first kappa shape index (κ1) is 22.4. The van der Waals surface area contributed by atoms with Crippen molar-refractivity contribution in [2.75, 3.05) is 0 Å². The number of carbonyl (C=O) groups is 1. The summed E-state index contributed by atoms with van der Waals surface area (Å²) in [5.41, 5.74) is 0.0105. The van der Waals surface area contributed by atoms with Crippen LogP contribution in [0.2, 0.25) is 15.2 Å².